The first kappa shape index (κ1) is 14.7. The number of hydrogen-bond acceptors (Lipinski definition) is 3. The van der Waals surface area contributed by atoms with Gasteiger partial charge in [-0.25, -0.2) is 4.98 Å². The van der Waals surface area contributed by atoms with Crippen LogP contribution in [-0.4, -0.2) is 18.1 Å². The molecule has 0 saturated carbocycles. The van der Waals surface area contributed by atoms with Gasteiger partial charge in [0.2, 0.25) is 5.88 Å². The van der Waals surface area contributed by atoms with E-state index in [1.807, 2.05) is 13.8 Å². The summed E-state index contributed by atoms with van der Waals surface area (Å²) in [4.78, 5) is 4.49. The molecule has 3 heteroatoms. The largest absolute Gasteiger partial charge is 0.477 e. The molecule has 0 aliphatic rings. The number of pyridine rings is 1. The topological polar surface area (TPSA) is 34.1 Å². The molecule has 0 aliphatic carbocycles. The Balaban J connectivity index is 2.81. The highest BCUT2D eigenvalue weighted by molar-refractivity contribution is 5.35. The molecule has 1 heterocycles. The monoisotopic (exact) mass is 248 g/mol. The van der Waals surface area contributed by atoms with E-state index >= 15 is 0 Å². The molecule has 0 amide bonds. The first-order valence-corrected chi connectivity index (χ1v) is 6.49. The molecule has 3 nitrogen and oxygen atoms in total. The molecule has 0 aliphatic heterocycles. The lowest BCUT2D eigenvalue weighted by Crippen LogP contribution is -2.15. The predicted octanol–water partition coefficient (Wildman–Crippen LogP) is 3.15. The van der Waals surface area contributed by atoms with Crippen LogP contribution >= 0.6 is 0 Å². The zero-order valence-electron chi connectivity index (χ0n) is 12.0. The van der Waals surface area contributed by atoms with Crippen molar-refractivity contribution in [2.75, 3.05) is 13.2 Å². The third-order valence-corrected chi connectivity index (χ3v) is 2.76. The third-order valence-electron chi connectivity index (χ3n) is 2.76. The molecule has 0 unspecified atom stereocenters. The van der Waals surface area contributed by atoms with Crippen molar-refractivity contribution >= 4 is 0 Å². The lowest BCUT2D eigenvalue weighted by atomic mass is 10.1. The van der Waals surface area contributed by atoms with Crippen LogP contribution in [0.3, 0.4) is 0 Å². The van der Waals surface area contributed by atoms with Gasteiger partial charge >= 0.3 is 0 Å². The minimum atomic E-state index is 0.643. The van der Waals surface area contributed by atoms with E-state index in [0.29, 0.717) is 6.61 Å². The molecule has 1 rings (SSSR count). The van der Waals surface area contributed by atoms with Crippen LogP contribution in [0.2, 0.25) is 0 Å². The van der Waals surface area contributed by atoms with E-state index in [1.54, 1.807) is 0 Å². The standard InChI is InChI=1S/C15H24N2O/c1-6-16-10-14-12(4)9-13(5)17-15(14)18-8-7-11(2)3/h9,16H,2,6-8,10H2,1,3-5H3. The molecular formula is C15H24N2O. The number of aromatic nitrogens is 1. The molecule has 0 spiro atoms. The van der Waals surface area contributed by atoms with Crippen molar-refractivity contribution < 1.29 is 4.74 Å². The third kappa shape index (κ3) is 4.49. The van der Waals surface area contributed by atoms with Crippen molar-refractivity contribution in [2.45, 2.75) is 40.7 Å². The summed E-state index contributed by atoms with van der Waals surface area (Å²) in [6.07, 6.45) is 0.870. The maximum Gasteiger partial charge on any atom is 0.218 e. The van der Waals surface area contributed by atoms with Gasteiger partial charge in [-0.05, 0) is 38.9 Å². The fourth-order valence-electron chi connectivity index (χ4n) is 1.74. The Bertz CT molecular complexity index is 413. The Hall–Kier alpha value is -1.35. The quantitative estimate of drug-likeness (QED) is 0.753. The van der Waals surface area contributed by atoms with Crippen LogP contribution in [0.1, 0.15) is 37.1 Å². The molecular weight excluding hydrogens is 224 g/mol. The van der Waals surface area contributed by atoms with Gasteiger partial charge in [-0.3, -0.25) is 0 Å². The molecule has 1 aromatic rings. The lowest BCUT2D eigenvalue weighted by Gasteiger charge is -2.14. The summed E-state index contributed by atoms with van der Waals surface area (Å²) in [6.45, 7) is 14.5. The summed E-state index contributed by atoms with van der Waals surface area (Å²) >= 11 is 0. The molecule has 100 valence electrons. The average molecular weight is 248 g/mol. The number of nitrogens with one attached hydrogen (secondary N) is 1. The van der Waals surface area contributed by atoms with Gasteiger partial charge in [0, 0.05) is 24.2 Å². The first-order valence-electron chi connectivity index (χ1n) is 6.49. The molecule has 1 aromatic heterocycles. The molecule has 0 radical (unpaired) electrons. The number of aryl methyl sites for hydroxylation is 2. The number of rotatable bonds is 7. The molecule has 0 fully saturated rings. The van der Waals surface area contributed by atoms with E-state index < -0.39 is 0 Å². The van der Waals surface area contributed by atoms with Crippen LogP contribution < -0.4 is 10.1 Å². The van der Waals surface area contributed by atoms with E-state index in [9.17, 15) is 0 Å². The minimum Gasteiger partial charge on any atom is -0.477 e. The van der Waals surface area contributed by atoms with Crippen molar-refractivity contribution in [3.8, 4) is 5.88 Å². The minimum absolute atomic E-state index is 0.643. The van der Waals surface area contributed by atoms with Crippen LogP contribution in [0.25, 0.3) is 0 Å². The van der Waals surface area contributed by atoms with Crippen molar-refractivity contribution in [3.63, 3.8) is 0 Å². The number of hydrogen-bond donors (Lipinski definition) is 1. The van der Waals surface area contributed by atoms with Gasteiger partial charge < -0.3 is 10.1 Å². The molecule has 1 N–H and O–H groups in total. The molecule has 0 aromatic carbocycles. The number of ether oxygens (including phenoxy) is 1. The van der Waals surface area contributed by atoms with Crippen LogP contribution in [0.15, 0.2) is 18.2 Å². The Morgan fingerprint density at radius 3 is 2.78 bits per heavy atom. The van der Waals surface area contributed by atoms with Crippen LogP contribution in [0.5, 0.6) is 5.88 Å². The van der Waals surface area contributed by atoms with Gasteiger partial charge in [0.05, 0.1) is 6.61 Å². The summed E-state index contributed by atoms with van der Waals surface area (Å²) in [7, 11) is 0. The summed E-state index contributed by atoms with van der Waals surface area (Å²) in [5, 5.41) is 3.33. The maximum absolute atomic E-state index is 5.79. The smallest absolute Gasteiger partial charge is 0.218 e. The summed E-state index contributed by atoms with van der Waals surface area (Å²) in [5.41, 5.74) is 4.52. The second kappa shape index (κ2) is 7.17. The van der Waals surface area contributed by atoms with Gasteiger partial charge in [0.1, 0.15) is 0 Å². The van der Waals surface area contributed by atoms with Gasteiger partial charge in [-0.15, -0.1) is 6.58 Å². The van der Waals surface area contributed by atoms with Gasteiger partial charge in [-0.2, -0.15) is 0 Å². The fraction of sp³-hybridized carbons (Fsp3) is 0.533. The highest BCUT2D eigenvalue weighted by atomic mass is 16.5. The lowest BCUT2D eigenvalue weighted by molar-refractivity contribution is 0.304. The molecule has 0 saturated heterocycles. The second-order valence-corrected chi connectivity index (χ2v) is 4.70. The first-order chi connectivity index (χ1) is 8.54. The van der Waals surface area contributed by atoms with E-state index in [0.717, 1.165) is 42.2 Å². The normalized spacial score (nSPS) is 10.4. The van der Waals surface area contributed by atoms with Crippen LogP contribution in [0.4, 0.5) is 0 Å². The van der Waals surface area contributed by atoms with Crippen molar-refractivity contribution in [1.29, 1.82) is 0 Å². The van der Waals surface area contributed by atoms with Crippen molar-refractivity contribution in [1.82, 2.24) is 10.3 Å². The highest BCUT2D eigenvalue weighted by Crippen LogP contribution is 2.21. The molecule has 0 atom stereocenters. The summed E-state index contributed by atoms with van der Waals surface area (Å²) < 4.78 is 5.79. The zero-order chi connectivity index (χ0) is 13.5. The SMILES string of the molecule is C=C(C)CCOc1nc(C)cc(C)c1CNCC. The van der Waals surface area contributed by atoms with Crippen LogP contribution in [0, 0.1) is 13.8 Å². The van der Waals surface area contributed by atoms with E-state index in [1.165, 1.54) is 5.56 Å². The van der Waals surface area contributed by atoms with E-state index in [4.69, 9.17) is 4.74 Å². The highest BCUT2D eigenvalue weighted by Gasteiger charge is 2.09. The van der Waals surface area contributed by atoms with E-state index in [2.05, 4.69) is 36.8 Å². The molecule has 0 bridgehead atoms. The second-order valence-electron chi connectivity index (χ2n) is 4.70. The van der Waals surface area contributed by atoms with Gasteiger partial charge in [0.15, 0.2) is 0 Å². The Labute approximate surface area is 110 Å². The van der Waals surface area contributed by atoms with E-state index in [-0.39, 0.29) is 0 Å². The van der Waals surface area contributed by atoms with Gasteiger partial charge in [-0.1, -0.05) is 12.5 Å². The number of nitrogens with zero attached hydrogens (tertiary/aromatic N) is 1. The summed E-state index contributed by atoms with van der Waals surface area (Å²) in [5.74, 6) is 0.759. The average Bonchev–Trinajstić information content (AvgIpc) is 2.27. The molecule has 18 heavy (non-hydrogen) atoms. The zero-order valence-corrected chi connectivity index (χ0v) is 12.0. The van der Waals surface area contributed by atoms with Crippen LogP contribution in [-0.2, 0) is 6.54 Å². The fourth-order valence-corrected chi connectivity index (χ4v) is 1.74. The summed E-state index contributed by atoms with van der Waals surface area (Å²) in [6, 6.07) is 2.10. The van der Waals surface area contributed by atoms with Gasteiger partial charge in [0.25, 0.3) is 0 Å². The Morgan fingerprint density at radius 2 is 2.17 bits per heavy atom. The van der Waals surface area contributed by atoms with Crippen molar-refractivity contribution in [2.24, 2.45) is 0 Å². The predicted molar refractivity (Wildman–Crippen MR) is 76.0 cm³/mol. The van der Waals surface area contributed by atoms with Crippen molar-refractivity contribution in [3.05, 3.63) is 35.0 Å². The maximum atomic E-state index is 5.79. The Kier molecular flexibility index (Phi) is 5.86. The Morgan fingerprint density at radius 1 is 1.44 bits per heavy atom.